The number of benzene rings is 1. The highest BCUT2D eigenvalue weighted by Gasteiger charge is 2.31. The Balaban J connectivity index is 2.08. The van der Waals surface area contributed by atoms with Gasteiger partial charge in [0, 0.05) is 24.2 Å². The van der Waals surface area contributed by atoms with Gasteiger partial charge >= 0.3 is 6.18 Å². The molecule has 1 unspecified atom stereocenters. The minimum absolute atomic E-state index is 0.109. The fraction of sp³-hybridized carbons (Fsp3) is 0.312. The van der Waals surface area contributed by atoms with Crippen LogP contribution in [0.4, 0.5) is 23.2 Å². The van der Waals surface area contributed by atoms with Gasteiger partial charge in [0.05, 0.1) is 18.4 Å². The normalized spacial score (nSPS) is 12.8. The van der Waals surface area contributed by atoms with Crippen molar-refractivity contribution < 1.29 is 27.0 Å². The molecule has 0 bridgehead atoms. The van der Waals surface area contributed by atoms with E-state index in [4.69, 9.17) is 15.2 Å². The molecule has 0 spiro atoms. The van der Waals surface area contributed by atoms with E-state index in [9.17, 15) is 17.6 Å². The zero-order valence-corrected chi connectivity index (χ0v) is 13.0. The second-order valence-electron chi connectivity index (χ2n) is 5.20. The molecule has 1 heterocycles. The number of hydrogen-bond acceptors (Lipinski definition) is 4. The van der Waals surface area contributed by atoms with Gasteiger partial charge in [-0.3, -0.25) is 0 Å². The first-order chi connectivity index (χ1) is 11.2. The molecule has 1 aromatic heterocycles. The van der Waals surface area contributed by atoms with Crippen molar-refractivity contribution in [1.29, 1.82) is 0 Å². The molecule has 0 radical (unpaired) electrons. The van der Waals surface area contributed by atoms with Crippen molar-refractivity contribution >= 4 is 5.69 Å². The molecule has 8 heteroatoms. The Morgan fingerprint density at radius 1 is 1.25 bits per heavy atom. The molecule has 130 valence electrons. The van der Waals surface area contributed by atoms with E-state index in [0.717, 1.165) is 24.3 Å². The number of rotatable bonds is 5. The van der Waals surface area contributed by atoms with Crippen molar-refractivity contribution in [2.75, 3.05) is 12.8 Å². The SMILES string of the molecule is COc1cc(F)c(CC(C)Oc2ccc(C(F)(F)F)cc2N)cn1. The molecule has 24 heavy (non-hydrogen) atoms. The minimum Gasteiger partial charge on any atom is -0.488 e. The average molecular weight is 344 g/mol. The van der Waals surface area contributed by atoms with E-state index < -0.39 is 23.7 Å². The number of alkyl halides is 3. The van der Waals surface area contributed by atoms with Gasteiger partial charge in [-0.05, 0) is 25.1 Å². The summed E-state index contributed by atoms with van der Waals surface area (Å²) in [6, 6.07) is 3.98. The highest BCUT2D eigenvalue weighted by atomic mass is 19.4. The summed E-state index contributed by atoms with van der Waals surface area (Å²) in [6.45, 7) is 1.65. The van der Waals surface area contributed by atoms with Gasteiger partial charge in [-0.25, -0.2) is 9.37 Å². The standard InChI is InChI=1S/C16H16F4N2O2/c1-9(5-10-8-22-15(23-2)7-12(10)17)24-14-4-3-11(6-13(14)21)16(18,19)20/h3-4,6-9H,5,21H2,1-2H3. The number of pyridine rings is 1. The lowest BCUT2D eigenvalue weighted by atomic mass is 10.1. The van der Waals surface area contributed by atoms with E-state index in [2.05, 4.69) is 4.98 Å². The topological polar surface area (TPSA) is 57.4 Å². The summed E-state index contributed by atoms with van der Waals surface area (Å²) in [5.41, 5.74) is 4.91. The molecule has 2 N–H and O–H groups in total. The number of nitrogens with two attached hydrogens (primary N) is 1. The van der Waals surface area contributed by atoms with Crippen LogP contribution in [0, 0.1) is 5.82 Å². The third-order valence-electron chi connectivity index (χ3n) is 3.29. The van der Waals surface area contributed by atoms with E-state index in [1.54, 1.807) is 6.92 Å². The Hall–Kier alpha value is -2.51. The lowest BCUT2D eigenvalue weighted by Crippen LogP contribution is -2.17. The summed E-state index contributed by atoms with van der Waals surface area (Å²) < 4.78 is 62.0. The van der Waals surface area contributed by atoms with Crippen LogP contribution in [0.3, 0.4) is 0 Å². The van der Waals surface area contributed by atoms with Crippen molar-refractivity contribution in [2.24, 2.45) is 0 Å². The molecule has 1 atom stereocenters. The number of anilines is 1. The predicted molar refractivity (Wildman–Crippen MR) is 80.4 cm³/mol. The van der Waals surface area contributed by atoms with E-state index in [-0.39, 0.29) is 23.7 Å². The van der Waals surface area contributed by atoms with Crippen LogP contribution in [0.5, 0.6) is 11.6 Å². The van der Waals surface area contributed by atoms with Crippen molar-refractivity contribution in [1.82, 2.24) is 4.98 Å². The van der Waals surface area contributed by atoms with Crippen LogP contribution in [0.25, 0.3) is 0 Å². The van der Waals surface area contributed by atoms with Gasteiger partial charge in [-0.2, -0.15) is 13.2 Å². The highest BCUT2D eigenvalue weighted by Crippen LogP contribution is 2.34. The number of nitrogens with zero attached hydrogens (tertiary/aromatic N) is 1. The van der Waals surface area contributed by atoms with Crippen molar-refractivity contribution in [3.05, 3.63) is 47.4 Å². The van der Waals surface area contributed by atoms with Crippen molar-refractivity contribution in [2.45, 2.75) is 25.6 Å². The maximum absolute atomic E-state index is 13.9. The minimum atomic E-state index is -4.48. The predicted octanol–water partition coefficient (Wildman–Crippen LogP) is 3.84. The number of methoxy groups -OCH3 is 1. The van der Waals surface area contributed by atoms with Gasteiger partial charge < -0.3 is 15.2 Å². The molecule has 0 aliphatic heterocycles. The summed E-state index contributed by atoms with van der Waals surface area (Å²) >= 11 is 0. The summed E-state index contributed by atoms with van der Waals surface area (Å²) in [6.07, 6.45) is -3.50. The molecule has 2 aromatic rings. The van der Waals surface area contributed by atoms with E-state index in [0.29, 0.717) is 5.56 Å². The number of ether oxygens (including phenoxy) is 2. The number of nitrogen functional groups attached to an aromatic ring is 1. The molecule has 0 fully saturated rings. The molecule has 0 saturated carbocycles. The Labute approximate surface area is 136 Å². The lowest BCUT2D eigenvalue weighted by Gasteiger charge is -2.17. The molecule has 2 rings (SSSR count). The van der Waals surface area contributed by atoms with Crippen LogP contribution >= 0.6 is 0 Å². The fourth-order valence-corrected chi connectivity index (χ4v) is 2.10. The van der Waals surface area contributed by atoms with Gasteiger partial charge in [-0.1, -0.05) is 0 Å². The zero-order valence-electron chi connectivity index (χ0n) is 13.0. The number of hydrogen-bond donors (Lipinski definition) is 1. The number of halogens is 4. The largest absolute Gasteiger partial charge is 0.488 e. The maximum atomic E-state index is 13.9. The molecule has 0 amide bonds. The fourth-order valence-electron chi connectivity index (χ4n) is 2.10. The average Bonchev–Trinajstić information content (AvgIpc) is 2.50. The first-order valence-electron chi connectivity index (χ1n) is 7.02. The Kier molecular flexibility index (Phi) is 5.16. The molecular weight excluding hydrogens is 328 g/mol. The summed E-state index contributed by atoms with van der Waals surface area (Å²) in [4.78, 5) is 3.91. The summed E-state index contributed by atoms with van der Waals surface area (Å²) in [7, 11) is 1.38. The van der Waals surface area contributed by atoms with Crippen LogP contribution in [0.1, 0.15) is 18.1 Å². The molecule has 1 aromatic carbocycles. The van der Waals surface area contributed by atoms with Gasteiger partial charge in [0.25, 0.3) is 0 Å². The third kappa shape index (κ3) is 4.27. The second-order valence-corrected chi connectivity index (χ2v) is 5.20. The van der Waals surface area contributed by atoms with Gasteiger partial charge in [-0.15, -0.1) is 0 Å². The van der Waals surface area contributed by atoms with E-state index in [1.807, 2.05) is 0 Å². The number of aromatic nitrogens is 1. The van der Waals surface area contributed by atoms with E-state index in [1.165, 1.54) is 13.3 Å². The van der Waals surface area contributed by atoms with Crippen LogP contribution in [0.2, 0.25) is 0 Å². The summed E-state index contributed by atoms with van der Waals surface area (Å²) in [5, 5.41) is 0. The Morgan fingerprint density at radius 2 is 1.96 bits per heavy atom. The monoisotopic (exact) mass is 344 g/mol. The van der Waals surface area contributed by atoms with Crippen LogP contribution < -0.4 is 15.2 Å². The first-order valence-corrected chi connectivity index (χ1v) is 7.02. The quantitative estimate of drug-likeness (QED) is 0.661. The van der Waals surface area contributed by atoms with Gasteiger partial charge in [0.15, 0.2) is 0 Å². The second kappa shape index (κ2) is 6.94. The molecular formula is C16H16F4N2O2. The highest BCUT2D eigenvalue weighted by molar-refractivity contribution is 5.54. The van der Waals surface area contributed by atoms with Crippen molar-refractivity contribution in [3.8, 4) is 11.6 Å². The molecule has 0 saturated heterocycles. The van der Waals surface area contributed by atoms with Crippen molar-refractivity contribution in [3.63, 3.8) is 0 Å². The zero-order chi connectivity index (χ0) is 17.9. The Bertz CT molecular complexity index is 720. The lowest BCUT2D eigenvalue weighted by molar-refractivity contribution is -0.137. The van der Waals surface area contributed by atoms with Gasteiger partial charge in [0.1, 0.15) is 17.7 Å². The van der Waals surface area contributed by atoms with Crippen LogP contribution in [-0.4, -0.2) is 18.2 Å². The van der Waals surface area contributed by atoms with Crippen LogP contribution in [0.15, 0.2) is 30.5 Å². The molecule has 4 nitrogen and oxygen atoms in total. The molecule has 0 aliphatic rings. The maximum Gasteiger partial charge on any atom is 0.416 e. The third-order valence-corrected chi connectivity index (χ3v) is 3.29. The van der Waals surface area contributed by atoms with Crippen LogP contribution in [-0.2, 0) is 12.6 Å². The molecule has 0 aliphatic carbocycles. The summed E-state index contributed by atoms with van der Waals surface area (Å²) in [5.74, 6) is -0.244. The van der Waals surface area contributed by atoms with E-state index >= 15 is 0 Å². The smallest absolute Gasteiger partial charge is 0.416 e. The van der Waals surface area contributed by atoms with Gasteiger partial charge in [0.2, 0.25) is 5.88 Å². The first kappa shape index (κ1) is 17.8. The Morgan fingerprint density at radius 3 is 2.50 bits per heavy atom.